The molecule has 1 aromatic carbocycles. The van der Waals surface area contributed by atoms with Crippen LogP contribution in [0.25, 0.3) is 5.57 Å². The van der Waals surface area contributed by atoms with Gasteiger partial charge in [0.05, 0.1) is 36.5 Å². The summed E-state index contributed by atoms with van der Waals surface area (Å²) >= 11 is 0. The molecule has 1 amide bonds. The third-order valence-electron chi connectivity index (χ3n) is 5.25. The number of sulfone groups is 1. The average molecular weight is 489 g/mol. The minimum Gasteiger partial charge on any atom is -0.442 e. The average Bonchev–Trinajstić information content (AvgIpc) is 3.32. The first kappa shape index (κ1) is 23.2. The van der Waals surface area contributed by atoms with Crippen LogP contribution in [0.1, 0.15) is 17.7 Å². The van der Waals surface area contributed by atoms with Crippen LogP contribution in [0.4, 0.5) is 14.9 Å². The molecule has 0 aliphatic carbocycles. The molecule has 0 saturated carbocycles. The molecule has 1 aromatic heterocycles. The molecule has 0 spiro atoms. The second-order valence-corrected chi connectivity index (χ2v) is 16.2. The molecule has 1 atom stereocenters. The summed E-state index contributed by atoms with van der Waals surface area (Å²) in [6, 6.07) is 4.50. The van der Waals surface area contributed by atoms with E-state index in [2.05, 4.69) is 41.4 Å². The fourth-order valence-corrected chi connectivity index (χ4v) is 5.24. The highest BCUT2D eigenvalue weighted by molar-refractivity contribution is 7.91. The fraction of sp³-hybridized carbons (Fsp3) is 0.409. The first-order valence-corrected chi connectivity index (χ1v) is 15.9. The van der Waals surface area contributed by atoms with E-state index in [4.69, 9.17) is 4.74 Å². The van der Waals surface area contributed by atoms with Gasteiger partial charge in [-0.3, -0.25) is 4.90 Å². The summed E-state index contributed by atoms with van der Waals surface area (Å²) in [5.41, 5.74) is 5.20. The van der Waals surface area contributed by atoms with Crippen LogP contribution < -0.4 is 4.90 Å². The van der Waals surface area contributed by atoms with Crippen LogP contribution in [0, 0.1) is 17.3 Å². The molecule has 1 unspecified atom stereocenters. The molecule has 11 heteroatoms. The van der Waals surface area contributed by atoms with Crippen LogP contribution >= 0.6 is 0 Å². The number of anilines is 1. The number of nitrogens with zero attached hydrogens (tertiary/aromatic N) is 4. The number of aromatic nitrogens is 3. The lowest BCUT2D eigenvalue weighted by atomic mass is 10.0. The van der Waals surface area contributed by atoms with E-state index < -0.39 is 35.9 Å². The highest BCUT2D eigenvalue weighted by Gasteiger charge is 2.33. The third-order valence-corrected chi connectivity index (χ3v) is 7.62. The smallest absolute Gasteiger partial charge is 0.414 e. The van der Waals surface area contributed by atoms with E-state index in [1.807, 2.05) is 0 Å². The first-order chi connectivity index (χ1) is 15.5. The molecular weight excluding hydrogens is 463 g/mol. The zero-order chi connectivity index (χ0) is 23.8. The van der Waals surface area contributed by atoms with Crippen molar-refractivity contribution in [1.82, 2.24) is 15.0 Å². The maximum Gasteiger partial charge on any atom is 0.414 e. The predicted octanol–water partition coefficient (Wildman–Crippen LogP) is 2.87. The second kappa shape index (κ2) is 8.76. The topological polar surface area (TPSA) is 94.4 Å². The van der Waals surface area contributed by atoms with Gasteiger partial charge < -0.3 is 4.74 Å². The number of carbonyl (C=O) groups excluding carboxylic acids is 1. The summed E-state index contributed by atoms with van der Waals surface area (Å²) in [7, 11) is -4.61. The first-order valence-electron chi connectivity index (χ1n) is 10.6. The highest BCUT2D eigenvalue weighted by Crippen LogP contribution is 2.30. The molecule has 0 N–H and O–H groups in total. The Bertz CT molecular complexity index is 1290. The van der Waals surface area contributed by atoms with Gasteiger partial charge in [-0.25, -0.2) is 22.3 Å². The van der Waals surface area contributed by atoms with E-state index in [0.717, 1.165) is 0 Å². The van der Waals surface area contributed by atoms with Gasteiger partial charge in [0.2, 0.25) is 0 Å². The maximum absolute atomic E-state index is 14.8. The Kier molecular flexibility index (Phi) is 6.15. The van der Waals surface area contributed by atoms with Crippen molar-refractivity contribution >= 4 is 35.3 Å². The van der Waals surface area contributed by atoms with Crippen LogP contribution in [0.5, 0.6) is 0 Å². The highest BCUT2D eigenvalue weighted by atomic mass is 32.2. The molecule has 1 saturated heterocycles. The van der Waals surface area contributed by atoms with Gasteiger partial charge in [0, 0.05) is 5.56 Å². The minimum atomic E-state index is -3.09. The van der Waals surface area contributed by atoms with Gasteiger partial charge in [0.25, 0.3) is 0 Å². The van der Waals surface area contributed by atoms with Crippen LogP contribution in [0.3, 0.4) is 0 Å². The van der Waals surface area contributed by atoms with Crippen LogP contribution in [-0.2, 0) is 21.1 Å². The summed E-state index contributed by atoms with van der Waals surface area (Å²) in [6.07, 6.45) is 2.52. The number of hydrogen-bond donors (Lipinski definition) is 0. The maximum atomic E-state index is 14.8. The number of allylic oxidation sites excluding steroid dienone is 1. The molecule has 174 valence electrons. The van der Waals surface area contributed by atoms with E-state index in [-0.39, 0.29) is 24.5 Å². The van der Waals surface area contributed by atoms with E-state index in [1.165, 1.54) is 11.0 Å². The van der Waals surface area contributed by atoms with Gasteiger partial charge in [0.15, 0.2) is 15.5 Å². The zero-order valence-electron chi connectivity index (χ0n) is 18.7. The molecule has 33 heavy (non-hydrogen) atoms. The lowest BCUT2D eigenvalue weighted by molar-refractivity contribution is 0.129. The molecule has 2 aliphatic rings. The zero-order valence-corrected chi connectivity index (χ0v) is 20.5. The summed E-state index contributed by atoms with van der Waals surface area (Å²) < 4.78 is 45.0. The van der Waals surface area contributed by atoms with Crippen molar-refractivity contribution < 1.29 is 22.3 Å². The van der Waals surface area contributed by atoms with E-state index in [0.29, 0.717) is 29.1 Å². The molecule has 0 radical (unpaired) electrons. The van der Waals surface area contributed by atoms with Crippen molar-refractivity contribution in [3.8, 4) is 11.5 Å². The largest absolute Gasteiger partial charge is 0.442 e. The van der Waals surface area contributed by atoms with Crippen molar-refractivity contribution in [3.63, 3.8) is 0 Å². The van der Waals surface area contributed by atoms with Crippen molar-refractivity contribution in [2.24, 2.45) is 0 Å². The summed E-state index contributed by atoms with van der Waals surface area (Å²) in [6.45, 7) is 6.98. The van der Waals surface area contributed by atoms with Crippen LogP contribution in [-0.4, -0.2) is 61.7 Å². The van der Waals surface area contributed by atoms with Gasteiger partial charge in [-0.1, -0.05) is 36.9 Å². The third kappa shape index (κ3) is 5.69. The molecule has 3 heterocycles. The monoisotopic (exact) mass is 488 g/mol. The Morgan fingerprint density at radius 3 is 2.76 bits per heavy atom. The predicted molar refractivity (Wildman–Crippen MR) is 126 cm³/mol. The quantitative estimate of drug-likeness (QED) is 0.485. The Balaban J connectivity index is 1.43. The Morgan fingerprint density at radius 2 is 2.09 bits per heavy atom. The molecule has 2 aromatic rings. The fourth-order valence-electron chi connectivity index (χ4n) is 3.59. The Hall–Kier alpha value is -2.97. The summed E-state index contributed by atoms with van der Waals surface area (Å²) in [5.74, 6) is 2.45. The van der Waals surface area contributed by atoms with Crippen LogP contribution in [0.2, 0.25) is 19.6 Å². The van der Waals surface area contributed by atoms with E-state index >= 15 is 0 Å². The van der Waals surface area contributed by atoms with Crippen molar-refractivity contribution in [2.45, 2.75) is 38.7 Å². The Labute approximate surface area is 193 Å². The number of carbonyl (C=O) groups is 1. The standard InChI is InChI=1S/C22H25FN4O4SSi/c1-33(2,3)11-8-17-13-26(25-24-17)14-19-15-27(22(28)31-19)18-4-5-20(21(23)12-18)16-6-9-32(29,30)10-7-16/h4-6,12-13,19H,7,9-10,14-15H2,1-3H3. The van der Waals surface area contributed by atoms with Crippen molar-refractivity contribution in [1.29, 1.82) is 0 Å². The summed E-state index contributed by atoms with van der Waals surface area (Å²) in [5, 5.41) is 8.10. The molecule has 0 bridgehead atoms. The van der Waals surface area contributed by atoms with Gasteiger partial charge in [-0.2, -0.15) is 0 Å². The molecule has 4 rings (SSSR count). The minimum absolute atomic E-state index is 0.00782. The lowest BCUT2D eigenvalue weighted by Gasteiger charge is -2.17. The van der Waals surface area contributed by atoms with E-state index in [9.17, 15) is 17.6 Å². The van der Waals surface area contributed by atoms with E-state index in [1.54, 1.807) is 29.1 Å². The van der Waals surface area contributed by atoms with Crippen LogP contribution in [0.15, 0.2) is 30.5 Å². The number of amides is 1. The van der Waals surface area contributed by atoms with Gasteiger partial charge >= 0.3 is 6.09 Å². The van der Waals surface area contributed by atoms with Crippen molar-refractivity contribution in [3.05, 3.63) is 47.5 Å². The van der Waals surface area contributed by atoms with Crippen molar-refractivity contribution in [2.75, 3.05) is 23.0 Å². The Morgan fingerprint density at radius 1 is 1.30 bits per heavy atom. The number of hydrogen-bond acceptors (Lipinski definition) is 6. The van der Waals surface area contributed by atoms with Gasteiger partial charge in [-0.05, 0) is 30.2 Å². The molecule has 8 nitrogen and oxygen atoms in total. The lowest BCUT2D eigenvalue weighted by Crippen LogP contribution is -2.26. The molecule has 1 fully saturated rings. The normalized spacial score (nSPS) is 20.1. The SMILES string of the molecule is C[Si](C)(C)C#Cc1cn(CC2CN(c3ccc(C4=CCS(=O)(=O)CC4)c(F)c3)C(=O)O2)nn1. The molecular formula is C22H25FN4O4SSi. The molecule has 2 aliphatic heterocycles. The number of halogens is 1. The van der Waals surface area contributed by atoms with Gasteiger partial charge in [-0.15, -0.1) is 10.6 Å². The summed E-state index contributed by atoms with van der Waals surface area (Å²) in [4.78, 5) is 13.8. The number of benzene rings is 1. The number of cyclic esters (lactones) is 1. The number of rotatable bonds is 4. The second-order valence-electron chi connectivity index (χ2n) is 9.20. The van der Waals surface area contributed by atoms with Gasteiger partial charge in [0.1, 0.15) is 20.0 Å². The number of ether oxygens (including phenoxy) is 1.